The van der Waals surface area contributed by atoms with E-state index >= 15 is 0 Å². The molecular formula is C13H16N2O2. The number of hydrogen-bond acceptors (Lipinski definition) is 3. The van der Waals surface area contributed by atoms with E-state index in [1.165, 1.54) is 0 Å². The number of aryl methyl sites for hydroxylation is 3. The normalized spacial score (nSPS) is 10.8. The lowest BCUT2D eigenvalue weighted by atomic mass is 10.1. The summed E-state index contributed by atoms with van der Waals surface area (Å²) in [6.45, 7) is 6.51. The first-order chi connectivity index (χ1) is 8.13. The number of carbonyl (C=O) groups excluding carboxylic acids is 1. The third-order valence-electron chi connectivity index (χ3n) is 2.67. The molecule has 4 nitrogen and oxygen atoms in total. The highest BCUT2D eigenvalue weighted by Crippen LogP contribution is 2.17. The van der Waals surface area contributed by atoms with E-state index in [4.69, 9.17) is 4.42 Å². The molecule has 0 aromatic carbocycles. The van der Waals surface area contributed by atoms with Gasteiger partial charge in [0.25, 0.3) is 0 Å². The molecule has 2 heterocycles. The van der Waals surface area contributed by atoms with Crippen LogP contribution in [0.4, 0.5) is 0 Å². The van der Waals surface area contributed by atoms with E-state index in [-0.39, 0.29) is 5.78 Å². The fourth-order valence-corrected chi connectivity index (χ4v) is 1.92. The molecule has 2 aromatic rings. The van der Waals surface area contributed by atoms with Crippen LogP contribution < -0.4 is 0 Å². The molecule has 0 aliphatic rings. The lowest BCUT2D eigenvalue weighted by molar-refractivity contribution is 0.102. The molecule has 0 N–H and O–H groups in total. The van der Waals surface area contributed by atoms with Gasteiger partial charge in [-0.1, -0.05) is 6.92 Å². The maximum Gasteiger partial charge on any atom is 0.231 e. The Morgan fingerprint density at radius 3 is 2.82 bits per heavy atom. The zero-order valence-electron chi connectivity index (χ0n) is 10.4. The van der Waals surface area contributed by atoms with Gasteiger partial charge in [0, 0.05) is 18.9 Å². The molecule has 0 amide bonds. The average Bonchev–Trinajstić information content (AvgIpc) is 2.85. The molecule has 2 aromatic heterocycles. The molecule has 0 saturated heterocycles. The van der Waals surface area contributed by atoms with Crippen molar-refractivity contribution in [3.05, 3.63) is 41.4 Å². The van der Waals surface area contributed by atoms with Gasteiger partial charge in [-0.3, -0.25) is 4.79 Å². The van der Waals surface area contributed by atoms with Gasteiger partial charge in [-0.05, 0) is 26.3 Å². The van der Waals surface area contributed by atoms with E-state index in [9.17, 15) is 4.79 Å². The van der Waals surface area contributed by atoms with Crippen molar-refractivity contribution in [2.75, 3.05) is 0 Å². The second kappa shape index (κ2) is 4.57. The fraction of sp³-hybridized carbons (Fsp3) is 0.385. The van der Waals surface area contributed by atoms with Crippen molar-refractivity contribution >= 4 is 5.78 Å². The van der Waals surface area contributed by atoms with Gasteiger partial charge in [0.05, 0.1) is 5.56 Å². The minimum atomic E-state index is -0.0715. The largest absolute Gasteiger partial charge is 0.466 e. The topological polar surface area (TPSA) is 48.0 Å². The van der Waals surface area contributed by atoms with Crippen LogP contribution in [0.5, 0.6) is 0 Å². The zero-order chi connectivity index (χ0) is 12.4. The van der Waals surface area contributed by atoms with Crippen molar-refractivity contribution in [3.8, 4) is 0 Å². The fourth-order valence-electron chi connectivity index (χ4n) is 1.92. The number of aromatic nitrogens is 2. The molecule has 90 valence electrons. The van der Waals surface area contributed by atoms with E-state index in [1.807, 2.05) is 17.7 Å². The highest BCUT2D eigenvalue weighted by molar-refractivity contribution is 6.07. The molecule has 2 rings (SSSR count). The lowest BCUT2D eigenvalue weighted by Gasteiger charge is -2.04. The third kappa shape index (κ3) is 2.16. The number of imidazole rings is 1. The smallest absolute Gasteiger partial charge is 0.231 e. The van der Waals surface area contributed by atoms with Gasteiger partial charge in [0.2, 0.25) is 5.78 Å². The summed E-state index contributed by atoms with van der Waals surface area (Å²) in [4.78, 5) is 16.4. The lowest BCUT2D eigenvalue weighted by Crippen LogP contribution is -2.11. The summed E-state index contributed by atoms with van der Waals surface area (Å²) < 4.78 is 7.25. The Balaban J connectivity index is 2.37. The van der Waals surface area contributed by atoms with E-state index in [0.29, 0.717) is 17.1 Å². The highest BCUT2D eigenvalue weighted by atomic mass is 16.3. The van der Waals surface area contributed by atoms with Crippen molar-refractivity contribution in [1.29, 1.82) is 0 Å². The van der Waals surface area contributed by atoms with E-state index in [1.54, 1.807) is 19.2 Å². The molecule has 0 aliphatic carbocycles. The first-order valence-electron chi connectivity index (χ1n) is 5.76. The van der Waals surface area contributed by atoms with Crippen molar-refractivity contribution in [2.45, 2.75) is 33.7 Å². The van der Waals surface area contributed by atoms with Crippen molar-refractivity contribution in [1.82, 2.24) is 9.55 Å². The van der Waals surface area contributed by atoms with Gasteiger partial charge < -0.3 is 8.98 Å². The summed E-state index contributed by atoms with van der Waals surface area (Å²) in [7, 11) is 0. The number of furan rings is 1. The van der Waals surface area contributed by atoms with Crippen LogP contribution in [0.3, 0.4) is 0 Å². The Morgan fingerprint density at radius 2 is 2.24 bits per heavy atom. The molecule has 0 fully saturated rings. The van der Waals surface area contributed by atoms with E-state index in [0.717, 1.165) is 18.7 Å². The Kier molecular flexibility index (Phi) is 3.13. The van der Waals surface area contributed by atoms with Crippen molar-refractivity contribution in [2.24, 2.45) is 0 Å². The molecule has 17 heavy (non-hydrogen) atoms. The van der Waals surface area contributed by atoms with Gasteiger partial charge in [0.15, 0.2) is 5.82 Å². The maximum atomic E-state index is 12.3. The van der Waals surface area contributed by atoms with Crippen LogP contribution in [0.1, 0.15) is 41.0 Å². The van der Waals surface area contributed by atoms with Gasteiger partial charge in [0.1, 0.15) is 11.5 Å². The SMILES string of the molecule is CCCn1ccnc1C(=O)c1cc(C)oc1C. The van der Waals surface area contributed by atoms with Crippen molar-refractivity contribution in [3.63, 3.8) is 0 Å². The molecule has 0 atom stereocenters. The van der Waals surface area contributed by atoms with Crippen molar-refractivity contribution < 1.29 is 9.21 Å². The molecule has 0 radical (unpaired) electrons. The Bertz CT molecular complexity index is 537. The van der Waals surface area contributed by atoms with Crippen LogP contribution in [-0.4, -0.2) is 15.3 Å². The number of ketones is 1. The molecule has 0 saturated carbocycles. The second-order valence-corrected chi connectivity index (χ2v) is 4.10. The first-order valence-corrected chi connectivity index (χ1v) is 5.76. The summed E-state index contributed by atoms with van der Waals surface area (Å²) in [6, 6.07) is 1.77. The minimum Gasteiger partial charge on any atom is -0.466 e. The predicted molar refractivity (Wildman–Crippen MR) is 64.1 cm³/mol. The summed E-state index contributed by atoms with van der Waals surface area (Å²) in [5.41, 5.74) is 0.603. The van der Waals surface area contributed by atoms with Gasteiger partial charge >= 0.3 is 0 Å². The minimum absolute atomic E-state index is 0.0715. The van der Waals surface area contributed by atoms with Crippen LogP contribution in [0.15, 0.2) is 22.9 Å². The Morgan fingerprint density at radius 1 is 1.47 bits per heavy atom. The van der Waals surface area contributed by atoms with Crippen LogP contribution >= 0.6 is 0 Å². The van der Waals surface area contributed by atoms with Crippen LogP contribution in [0.2, 0.25) is 0 Å². The zero-order valence-corrected chi connectivity index (χ0v) is 10.4. The average molecular weight is 232 g/mol. The third-order valence-corrected chi connectivity index (χ3v) is 2.67. The van der Waals surface area contributed by atoms with Crippen LogP contribution in [-0.2, 0) is 6.54 Å². The number of hydrogen-bond donors (Lipinski definition) is 0. The molecule has 0 aliphatic heterocycles. The predicted octanol–water partition coefficient (Wildman–Crippen LogP) is 2.73. The Hall–Kier alpha value is -1.84. The second-order valence-electron chi connectivity index (χ2n) is 4.10. The summed E-state index contributed by atoms with van der Waals surface area (Å²) in [6.07, 6.45) is 4.46. The van der Waals surface area contributed by atoms with E-state index in [2.05, 4.69) is 11.9 Å². The molecule has 0 spiro atoms. The first kappa shape index (κ1) is 11.6. The van der Waals surface area contributed by atoms with Crippen LogP contribution in [0, 0.1) is 13.8 Å². The molecule has 4 heteroatoms. The number of carbonyl (C=O) groups is 1. The summed E-state index contributed by atoms with van der Waals surface area (Å²) >= 11 is 0. The summed E-state index contributed by atoms with van der Waals surface area (Å²) in [5.74, 6) is 1.81. The van der Waals surface area contributed by atoms with Gasteiger partial charge in [-0.2, -0.15) is 0 Å². The van der Waals surface area contributed by atoms with Gasteiger partial charge in [-0.25, -0.2) is 4.98 Å². The van der Waals surface area contributed by atoms with E-state index < -0.39 is 0 Å². The Labute approximate surface area is 100 Å². The maximum absolute atomic E-state index is 12.3. The quantitative estimate of drug-likeness (QED) is 0.761. The number of nitrogens with zero attached hydrogens (tertiary/aromatic N) is 2. The molecule has 0 bridgehead atoms. The van der Waals surface area contributed by atoms with Gasteiger partial charge in [-0.15, -0.1) is 0 Å². The molecule has 0 unspecified atom stereocenters. The standard InChI is InChI=1S/C13H16N2O2/c1-4-6-15-7-5-14-13(15)12(16)11-8-9(2)17-10(11)3/h5,7-8H,4,6H2,1-3H3. The van der Waals surface area contributed by atoms with Crippen LogP contribution in [0.25, 0.3) is 0 Å². The summed E-state index contributed by atoms with van der Waals surface area (Å²) in [5, 5.41) is 0. The molecular weight excluding hydrogens is 216 g/mol. The monoisotopic (exact) mass is 232 g/mol. The highest BCUT2D eigenvalue weighted by Gasteiger charge is 2.19. The number of rotatable bonds is 4.